The Morgan fingerprint density at radius 3 is 0.776 bits per heavy atom. The van der Waals surface area contributed by atoms with E-state index in [0.717, 1.165) is 0 Å². The highest BCUT2D eigenvalue weighted by Crippen LogP contribution is 2.51. The van der Waals surface area contributed by atoms with Crippen LogP contribution < -0.4 is 4.90 Å². The number of benzene rings is 1. The largest absolute Gasteiger partial charge is 0.369 e. The second kappa shape index (κ2) is 42.2. The molecule has 1 nitrogen and oxygen atoms in total. The van der Waals surface area contributed by atoms with Crippen molar-refractivity contribution in [3.8, 4) is 0 Å². The zero-order chi connectivity index (χ0) is 70.1. The smallest absolute Gasteiger partial charge is 0.0438 e. The Morgan fingerprint density at radius 2 is 0.671 bits per heavy atom. The van der Waals surface area contributed by atoms with Gasteiger partial charge in [0.25, 0.3) is 0 Å². The summed E-state index contributed by atoms with van der Waals surface area (Å²) in [6.45, 7) is 103. The van der Waals surface area contributed by atoms with E-state index < -0.39 is 0 Å². The van der Waals surface area contributed by atoms with E-state index in [4.69, 9.17) is 0 Å². The van der Waals surface area contributed by atoms with Crippen LogP contribution in [0.4, 0.5) is 5.69 Å². The normalized spacial score (nSPS) is 14.4. The van der Waals surface area contributed by atoms with Crippen LogP contribution in [-0.2, 0) is 0 Å². The third-order valence-corrected chi connectivity index (χ3v) is 20.7. The number of hydrogen-bond acceptors (Lipinski definition) is 1. The standard InChI is InChI=1S/C20H33N.C11H24.3C9H20.3C7H16.C5H12/c1-15(2)17-11-10-12-18(16(3)4)19(17)21(6)20(5)13-8-7-9-14-20;1-9(2,3)11(7,8)10(4,5)6;1-8(2,3)7-9(4,5)6;2*1-7-9(5,6)8(2,3)4;2*1-5-6-7(2,3)4;1-5-7(3,4)6-2;1-3-5-4-2/h10-12,15-16H,7-9,13-14H2,1-6H3;1-8H3;3*7H2,1-6H3;3*5-6H2,1-4H3;3-5H2,1-2H3. The first-order valence-electron chi connectivity index (χ1n) is 36.2. The van der Waals surface area contributed by atoms with E-state index in [0.29, 0.717) is 82.4 Å². The fourth-order valence-corrected chi connectivity index (χ4v) is 9.70. The van der Waals surface area contributed by atoms with Crippen LogP contribution in [0.1, 0.15) is 444 Å². The Kier molecular flexibility index (Phi) is 48.5. The molecular formula is C84H177N. The molecule has 1 saturated carbocycles. The average Bonchev–Trinajstić information content (AvgIpc) is 3.29. The first-order valence-corrected chi connectivity index (χ1v) is 36.2. The number of para-hydroxylation sites is 1. The lowest BCUT2D eigenvalue weighted by atomic mass is 9.56. The average molecular weight is 1200 g/mol. The first kappa shape index (κ1) is 97.6. The van der Waals surface area contributed by atoms with Crippen molar-refractivity contribution in [2.75, 3.05) is 11.9 Å². The van der Waals surface area contributed by atoms with Crippen molar-refractivity contribution in [3.63, 3.8) is 0 Å². The molecule has 1 aromatic rings. The molecular weight excluding hydrogens is 1020 g/mol. The van der Waals surface area contributed by atoms with Gasteiger partial charge in [-0.3, -0.25) is 0 Å². The van der Waals surface area contributed by atoms with Crippen LogP contribution in [0.5, 0.6) is 0 Å². The van der Waals surface area contributed by atoms with E-state index in [1.54, 1.807) is 0 Å². The molecule has 0 radical (unpaired) electrons. The molecule has 1 aliphatic rings. The van der Waals surface area contributed by atoms with E-state index in [2.05, 4.69) is 342 Å². The highest BCUT2D eigenvalue weighted by atomic mass is 15.2. The maximum absolute atomic E-state index is 2.62. The lowest BCUT2D eigenvalue weighted by molar-refractivity contribution is 0.00575. The molecule has 1 fully saturated rings. The van der Waals surface area contributed by atoms with E-state index in [1.807, 2.05) is 0 Å². The Balaban J connectivity index is -0.000000168. The van der Waals surface area contributed by atoms with Crippen LogP contribution in [0.15, 0.2) is 18.2 Å². The fraction of sp³-hybridized carbons (Fsp3) is 0.929. The molecule has 518 valence electrons. The maximum atomic E-state index is 2.62. The predicted octanol–water partition coefficient (Wildman–Crippen LogP) is 31.3. The number of hydrogen-bond donors (Lipinski definition) is 0. The number of anilines is 1. The van der Waals surface area contributed by atoms with Crippen LogP contribution in [-0.4, -0.2) is 12.6 Å². The molecule has 1 heteroatoms. The maximum Gasteiger partial charge on any atom is 0.0438 e. The van der Waals surface area contributed by atoms with Crippen molar-refractivity contribution < 1.29 is 0 Å². The first-order chi connectivity index (χ1) is 37.4. The van der Waals surface area contributed by atoms with Crippen molar-refractivity contribution in [2.24, 2.45) is 65.0 Å². The summed E-state index contributed by atoms with van der Waals surface area (Å²) in [5.41, 5.74) is 10.5. The summed E-state index contributed by atoms with van der Waals surface area (Å²) in [5.74, 6) is 1.15. The molecule has 0 amide bonds. The van der Waals surface area contributed by atoms with Gasteiger partial charge in [0.15, 0.2) is 0 Å². The summed E-state index contributed by atoms with van der Waals surface area (Å²) >= 11 is 0. The van der Waals surface area contributed by atoms with Gasteiger partial charge >= 0.3 is 0 Å². The van der Waals surface area contributed by atoms with Gasteiger partial charge in [0.2, 0.25) is 0 Å². The van der Waals surface area contributed by atoms with E-state index in [-0.39, 0.29) is 0 Å². The summed E-state index contributed by atoms with van der Waals surface area (Å²) in [7, 11) is 2.33. The van der Waals surface area contributed by atoms with Crippen LogP contribution in [0.25, 0.3) is 0 Å². The summed E-state index contributed by atoms with van der Waals surface area (Å²) in [6, 6.07) is 6.90. The second-order valence-corrected chi connectivity index (χ2v) is 39.0. The van der Waals surface area contributed by atoms with Gasteiger partial charge in [0, 0.05) is 18.3 Å². The van der Waals surface area contributed by atoms with Crippen molar-refractivity contribution in [1.29, 1.82) is 0 Å². The Labute approximate surface area is 547 Å². The Bertz CT molecular complexity index is 1590. The molecule has 0 N–H and O–H groups in total. The van der Waals surface area contributed by atoms with Crippen molar-refractivity contribution in [1.82, 2.24) is 0 Å². The van der Waals surface area contributed by atoms with Gasteiger partial charge in [-0.05, 0) is 127 Å². The molecule has 1 aliphatic carbocycles. The van der Waals surface area contributed by atoms with Crippen molar-refractivity contribution in [3.05, 3.63) is 29.3 Å². The van der Waals surface area contributed by atoms with Crippen molar-refractivity contribution in [2.45, 2.75) is 438 Å². The van der Waals surface area contributed by atoms with Crippen molar-refractivity contribution >= 4 is 5.69 Å². The number of rotatable bonds is 12. The van der Waals surface area contributed by atoms with Crippen LogP contribution >= 0.6 is 0 Å². The second-order valence-electron chi connectivity index (χ2n) is 39.0. The molecule has 2 rings (SSSR count). The quantitative estimate of drug-likeness (QED) is 0.202. The molecule has 0 unspecified atom stereocenters. The lowest BCUT2D eigenvalue weighted by Gasteiger charge is -2.49. The molecule has 0 aliphatic heterocycles. The van der Waals surface area contributed by atoms with Gasteiger partial charge in [0.1, 0.15) is 0 Å². The third-order valence-electron chi connectivity index (χ3n) is 20.7. The monoisotopic (exact) mass is 1200 g/mol. The molecule has 1 aromatic carbocycles. The number of unbranched alkanes of at least 4 members (excludes halogenated alkanes) is 2. The summed E-state index contributed by atoms with van der Waals surface area (Å²) in [4.78, 5) is 2.62. The van der Waals surface area contributed by atoms with Crippen LogP contribution in [0.2, 0.25) is 0 Å². The topological polar surface area (TPSA) is 3.24 Å². The van der Waals surface area contributed by atoms with Gasteiger partial charge in [-0.2, -0.15) is 0 Å². The molecule has 0 bridgehead atoms. The minimum absolute atomic E-state index is 0.326. The predicted molar refractivity (Wildman–Crippen MR) is 406 cm³/mol. The van der Waals surface area contributed by atoms with E-state index in [9.17, 15) is 0 Å². The van der Waals surface area contributed by atoms with Gasteiger partial charge in [-0.25, -0.2) is 0 Å². The minimum Gasteiger partial charge on any atom is -0.369 e. The van der Waals surface area contributed by atoms with E-state index in [1.165, 1.54) is 126 Å². The number of nitrogens with zero attached hydrogens (tertiary/aromatic N) is 1. The SMILES string of the molecule is CC(C)(C)C(C)(C)C(C)(C)C.CC(C)(C)CC(C)(C)C.CC(C)c1cccc(C(C)C)c1N(C)C1(C)CCCCC1.CCC(C)(C)C(C)(C)C.CCC(C)(C)C(C)(C)C.CCC(C)(C)CC.CCCC(C)(C)C.CCCC(C)(C)C.CCCCC. The Morgan fingerprint density at radius 1 is 0.388 bits per heavy atom. The Hall–Kier alpha value is -0.980. The molecule has 0 spiro atoms. The molecule has 85 heavy (non-hydrogen) atoms. The third kappa shape index (κ3) is 49.4. The highest BCUT2D eigenvalue weighted by Gasteiger charge is 2.42. The van der Waals surface area contributed by atoms with Gasteiger partial charge in [0.05, 0.1) is 0 Å². The fourth-order valence-electron chi connectivity index (χ4n) is 9.70. The van der Waals surface area contributed by atoms with Crippen LogP contribution in [0.3, 0.4) is 0 Å². The van der Waals surface area contributed by atoms with E-state index >= 15 is 0 Å². The molecule has 0 aromatic heterocycles. The lowest BCUT2D eigenvalue weighted by Crippen LogP contribution is -2.46. The summed E-state index contributed by atoms with van der Waals surface area (Å²) < 4.78 is 0. The minimum atomic E-state index is 0.326. The van der Waals surface area contributed by atoms with Gasteiger partial charge in [-0.1, -0.05) is 400 Å². The summed E-state index contributed by atoms with van der Waals surface area (Å²) in [5, 5.41) is 0. The molecule has 0 heterocycles. The summed E-state index contributed by atoms with van der Waals surface area (Å²) in [6.07, 6.45) is 22.6. The van der Waals surface area contributed by atoms with Gasteiger partial charge in [-0.15, -0.1) is 0 Å². The zero-order valence-corrected chi connectivity index (χ0v) is 69.4. The molecule has 0 saturated heterocycles. The van der Waals surface area contributed by atoms with Crippen LogP contribution in [0, 0.1) is 65.0 Å². The highest BCUT2D eigenvalue weighted by molar-refractivity contribution is 5.63. The molecule has 0 atom stereocenters. The van der Waals surface area contributed by atoms with Gasteiger partial charge < -0.3 is 4.90 Å². The zero-order valence-electron chi connectivity index (χ0n) is 69.4.